The third kappa shape index (κ3) is 5.50. The highest BCUT2D eigenvalue weighted by Crippen LogP contribution is 2.38. The van der Waals surface area contributed by atoms with Gasteiger partial charge in [-0.3, -0.25) is 0 Å². The minimum absolute atomic E-state index is 0.228. The maximum Gasteiger partial charge on any atom is 0.175 e. The lowest BCUT2D eigenvalue weighted by Gasteiger charge is -2.15. The van der Waals surface area contributed by atoms with E-state index in [1.807, 2.05) is 37.3 Å². The number of allylic oxidation sites excluding steroid dienone is 1. The largest absolute Gasteiger partial charge is 0.490 e. The summed E-state index contributed by atoms with van der Waals surface area (Å²) < 4.78 is 27.6. The van der Waals surface area contributed by atoms with Gasteiger partial charge in [0.15, 0.2) is 11.5 Å². The molecule has 0 heterocycles. The van der Waals surface area contributed by atoms with Crippen molar-refractivity contribution in [2.45, 2.75) is 13.5 Å². The predicted molar refractivity (Wildman–Crippen MR) is 124 cm³/mol. The Labute approximate surface area is 192 Å². The van der Waals surface area contributed by atoms with Gasteiger partial charge >= 0.3 is 0 Å². The summed E-state index contributed by atoms with van der Waals surface area (Å²) in [6.45, 7) is 2.71. The summed E-state index contributed by atoms with van der Waals surface area (Å²) in [4.78, 5) is 0. The third-order valence-electron chi connectivity index (χ3n) is 4.22. The number of hydrogen-bond acceptors (Lipinski definition) is 3. The topological polar surface area (TPSA) is 42.2 Å². The molecule has 0 fully saturated rings. The smallest absolute Gasteiger partial charge is 0.175 e. The van der Waals surface area contributed by atoms with Gasteiger partial charge in [0, 0.05) is 10.0 Å². The van der Waals surface area contributed by atoms with Crippen molar-refractivity contribution in [1.82, 2.24) is 0 Å². The lowest BCUT2D eigenvalue weighted by atomic mass is 10.0. The van der Waals surface area contributed by atoms with Crippen LogP contribution in [0.2, 0.25) is 0 Å². The first-order chi connectivity index (χ1) is 14.5. The lowest BCUT2D eigenvalue weighted by molar-refractivity contribution is 0.267. The first-order valence-corrected chi connectivity index (χ1v) is 10.8. The van der Waals surface area contributed by atoms with Crippen molar-refractivity contribution in [3.8, 4) is 17.6 Å². The monoisotopic (exact) mass is 529 g/mol. The second kappa shape index (κ2) is 10.4. The quantitative estimate of drug-likeness (QED) is 0.236. The number of nitriles is 1. The van der Waals surface area contributed by atoms with E-state index in [0.29, 0.717) is 34.7 Å². The Hall–Kier alpha value is -2.62. The number of benzene rings is 3. The molecule has 3 aromatic carbocycles. The first-order valence-electron chi connectivity index (χ1n) is 9.22. The molecule has 3 rings (SSSR count). The Morgan fingerprint density at radius 1 is 1.07 bits per heavy atom. The van der Waals surface area contributed by atoms with Gasteiger partial charge in [0.05, 0.1) is 22.7 Å². The predicted octanol–water partition coefficient (Wildman–Crippen LogP) is 7.39. The maximum atomic E-state index is 14.1. The summed E-state index contributed by atoms with van der Waals surface area (Å²) in [7, 11) is 0. The minimum Gasteiger partial charge on any atom is -0.490 e. The summed E-state index contributed by atoms with van der Waals surface area (Å²) >= 11 is 6.96. The average molecular weight is 531 g/mol. The van der Waals surface area contributed by atoms with Crippen LogP contribution in [0.3, 0.4) is 0 Å². The molecule has 0 unspecified atom stereocenters. The molecule has 3 nitrogen and oxygen atoms in total. The van der Waals surface area contributed by atoms with Gasteiger partial charge in [0.25, 0.3) is 0 Å². The summed E-state index contributed by atoms with van der Waals surface area (Å²) in [5.41, 5.74) is 2.19. The van der Waals surface area contributed by atoms with Crippen molar-refractivity contribution in [2.75, 3.05) is 6.61 Å². The summed E-state index contributed by atoms with van der Waals surface area (Å²) in [6, 6.07) is 19.7. The Bertz CT molecular complexity index is 1110. The molecule has 0 aliphatic carbocycles. The van der Waals surface area contributed by atoms with E-state index >= 15 is 0 Å². The van der Waals surface area contributed by atoms with Crippen LogP contribution in [0.5, 0.6) is 11.5 Å². The molecule has 30 heavy (non-hydrogen) atoms. The van der Waals surface area contributed by atoms with E-state index in [2.05, 4.69) is 37.9 Å². The van der Waals surface area contributed by atoms with Crippen LogP contribution in [-0.2, 0) is 6.61 Å². The molecule has 0 N–H and O–H groups in total. The molecule has 0 bridgehead atoms. The van der Waals surface area contributed by atoms with E-state index in [-0.39, 0.29) is 11.1 Å². The summed E-state index contributed by atoms with van der Waals surface area (Å²) in [5.74, 6) is 0.672. The number of nitrogens with zero attached hydrogens (tertiary/aromatic N) is 1. The van der Waals surface area contributed by atoms with Gasteiger partial charge in [-0.05, 0) is 70.4 Å². The van der Waals surface area contributed by atoms with Crippen LogP contribution in [-0.4, -0.2) is 6.61 Å². The molecule has 0 radical (unpaired) electrons. The highest BCUT2D eigenvalue weighted by Gasteiger charge is 2.14. The third-order valence-corrected chi connectivity index (χ3v) is 5.34. The molecule has 0 amide bonds. The summed E-state index contributed by atoms with van der Waals surface area (Å²) in [6.07, 6.45) is 1.63. The van der Waals surface area contributed by atoms with Gasteiger partial charge in [-0.25, -0.2) is 4.39 Å². The molecule has 0 aliphatic rings. The molecule has 152 valence electrons. The molecular formula is C24H18Br2FNO2. The van der Waals surface area contributed by atoms with Crippen LogP contribution in [0.25, 0.3) is 11.6 Å². The van der Waals surface area contributed by atoms with E-state index in [1.165, 1.54) is 6.07 Å². The van der Waals surface area contributed by atoms with Crippen LogP contribution in [0.15, 0.2) is 69.6 Å². The molecule has 0 spiro atoms. The van der Waals surface area contributed by atoms with Crippen molar-refractivity contribution in [2.24, 2.45) is 0 Å². The van der Waals surface area contributed by atoms with E-state index in [1.54, 1.807) is 30.3 Å². The highest BCUT2D eigenvalue weighted by atomic mass is 79.9. The zero-order valence-corrected chi connectivity index (χ0v) is 19.3. The minimum atomic E-state index is -0.441. The van der Waals surface area contributed by atoms with Crippen LogP contribution < -0.4 is 9.47 Å². The van der Waals surface area contributed by atoms with Crippen LogP contribution in [0.4, 0.5) is 4.39 Å². The molecule has 3 aromatic rings. The van der Waals surface area contributed by atoms with Gasteiger partial charge < -0.3 is 9.47 Å². The first kappa shape index (κ1) is 22.1. The van der Waals surface area contributed by atoms with Crippen molar-refractivity contribution < 1.29 is 13.9 Å². The molecule has 0 saturated heterocycles. The van der Waals surface area contributed by atoms with E-state index < -0.39 is 5.82 Å². The highest BCUT2D eigenvalue weighted by molar-refractivity contribution is 9.10. The summed E-state index contributed by atoms with van der Waals surface area (Å²) in [5, 5.41) is 9.54. The molecule has 0 saturated carbocycles. The molecule has 6 heteroatoms. The molecule has 0 aliphatic heterocycles. The average Bonchev–Trinajstić information content (AvgIpc) is 2.73. The van der Waals surface area contributed by atoms with Gasteiger partial charge in [0.1, 0.15) is 12.4 Å². The number of rotatable bonds is 7. The number of ether oxygens (including phenoxy) is 2. The molecule has 0 aromatic heterocycles. The second-order valence-electron chi connectivity index (χ2n) is 6.33. The van der Waals surface area contributed by atoms with E-state index in [0.717, 1.165) is 10.0 Å². The van der Waals surface area contributed by atoms with E-state index in [9.17, 15) is 9.65 Å². The molecular weight excluding hydrogens is 513 g/mol. The Balaban J connectivity index is 1.93. The molecule has 0 atom stereocenters. The van der Waals surface area contributed by atoms with Crippen molar-refractivity contribution in [1.29, 1.82) is 5.26 Å². The zero-order valence-electron chi connectivity index (χ0n) is 16.2. The van der Waals surface area contributed by atoms with Gasteiger partial charge in [-0.2, -0.15) is 5.26 Å². The fourth-order valence-corrected chi connectivity index (χ4v) is 3.67. The Kier molecular flexibility index (Phi) is 7.67. The Morgan fingerprint density at radius 2 is 1.80 bits per heavy atom. The zero-order chi connectivity index (χ0) is 21.5. The fourth-order valence-electron chi connectivity index (χ4n) is 2.83. The number of halogens is 3. The SMILES string of the molecule is CCOc1cc(/C=C(/C#N)c2ccccc2F)cc(Br)c1OCc1ccc(Br)cc1. The number of hydrogen-bond donors (Lipinski definition) is 0. The van der Waals surface area contributed by atoms with Crippen LogP contribution >= 0.6 is 31.9 Å². The van der Waals surface area contributed by atoms with Crippen LogP contribution in [0, 0.1) is 17.1 Å². The van der Waals surface area contributed by atoms with Gasteiger partial charge in [-0.15, -0.1) is 0 Å². The van der Waals surface area contributed by atoms with Crippen LogP contribution in [0.1, 0.15) is 23.6 Å². The van der Waals surface area contributed by atoms with Gasteiger partial charge in [0.2, 0.25) is 0 Å². The maximum absolute atomic E-state index is 14.1. The Morgan fingerprint density at radius 3 is 2.47 bits per heavy atom. The second-order valence-corrected chi connectivity index (χ2v) is 8.10. The fraction of sp³-hybridized carbons (Fsp3) is 0.125. The lowest BCUT2D eigenvalue weighted by Crippen LogP contribution is -2.01. The van der Waals surface area contributed by atoms with Crippen molar-refractivity contribution in [3.05, 3.63) is 92.1 Å². The van der Waals surface area contributed by atoms with Gasteiger partial charge in [-0.1, -0.05) is 46.3 Å². The standard InChI is InChI=1S/C24H18Br2FNO2/c1-2-29-23-13-17(11-18(14-28)20-5-3-4-6-22(20)27)12-21(26)24(23)30-15-16-7-9-19(25)10-8-16/h3-13H,2,15H2,1H3/b18-11-. The van der Waals surface area contributed by atoms with Crippen molar-refractivity contribution >= 4 is 43.5 Å². The normalized spacial score (nSPS) is 11.1. The van der Waals surface area contributed by atoms with Crippen molar-refractivity contribution in [3.63, 3.8) is 0 Å². The van der Waals surface area contributed by atoms with E-state index in [4.69, 9.17) is 9.47 Å².